The molecule has 0 saturated heterocycles. The van der Waals surface area contributed by atoms with Crippen LogP contribution in [0.4, 0.5) is 0 Å². The Balaban J connectivity index is 1.72. The number of hydrogen-bond donors (Lipinski definition) is 0. The van der Waals surface area contributed by atoms with Crippen LogP contribution in [-0.2, 0) is 0 Å². The zero-order valence-corrected chi connectivity index (χ0v) is 9.97. The summed E-state index contributed by atoms with van der Waals surface area (Å²) < 4.78 is 0. The Morgan fingerprint density at radius 3 is 2.36 bits per heavy atom. The van der Waals surface area contributed by atoms with Crippen LogP contribution in [0.15, 0.2) is 12.2 Å². The van der Waals surface area contributed by atoms with E-state index in [2.05, 4.69) is 26.0 Å². The summed E-state index contributed by atoms with van der Waals surface area (Å²) in [7, 11) is 0. The minimum Gasteiger partial charge on any atom is -0.0917 e. The van der Waals surface area contributed by atoms with E-state index in [0.29, 0.717) is 0 Å². The van der Waals surface area contributed by atoms with Gasteiger partial charge in [0.05, 0.1) is 0 Å². The fourth-order valence-electron chi connectivity index (χ4n) is 2.17. The van der Waals surface area contributed by atoms with Gasteiger partial charge in [-0.05, 0) is 38.0 Å². The normalized spacial score (nSPS) is 25.9. The van der Waals surface area contributed by atoms with Crippen molar-refractivity contribution in [2.24, 2.45) is 11.8 Å². The number of unbranched alkanes of at least 4 members (excludes halogenated alkanes) is 5. The van der Waals surface area contributed by atoms with Crippen molar-refractivity contribution in [2.75, 3.05) is 0 Å². The lowest BCUT2D eigenvalue weighted by Crippen LogP contribution is -1.82. The van der Waals surface area contributed by atoms with Crippen LogP contribution in [0.2, 0.25) is 0 Å². The molecule has 0 spiro atoms. The first-order valence-electron chi connectivity index (χ1n) is 6.45. The zero-order valence-electron chi connectivity index (χ0n) is 9.97. The standard InChI is InChI=1S/C14H26/c1-3-4-5-6-7-8-9-10-11-14-12-13(14)2/h3-4,13-14H,5-12H2,1-2H3. The third-order valence-corrected chi connectivity index (χ3v) is 3.46. The molecular weight excluding hydrogens is 168 g/mol. The monoisotopic (exact) mass is 194 g/mol. The third kappa shape index (κ3) is 5.47. The first-order chi connectivity index (χ1) is 6.84. The van der Waals surface area contributed by atoms with E-state index in [4.69, 9.17) is 0 Å². The number of rotatable bonds is 8. The lowest BCUT2D eigenvalue weighted by atomic mass is 10.1. The predicted molar refractivity (Wildman–Crippen MR) is 64.4 cm³/mol. The van der Waals surface area contributed by atoms with Gasteiger partial charge in [-0.3, -0.25) is 0 Å². The Morgan fingerprint density at radius 1 is 1.07 bits per heavy atom. The van der Waals surface area contributed by atoms with E-state index in [1.807, 2.05) is 0 Å². The molecular formula is C14H26. The highest BCUT2D eigenvalue weighted by atomic mass is 14.4. The predicted octanol–water partition coefficient (Wildman–Crippen LogP) is 4.95. The quantitative estimate of drug-likeness (QED) is 0.379. The van der Waals surface area contributed by atoms with Gasteiger partial charge in [0.15, 0.2) is 0 Å². The van der Waals surface area contributed by atoms with Gasteiger partial charge < -0.3 is 0 Å². The van der Waals surface area contributed by atoms with Crippen LogP contribution < -0.4 is 0 Å². The summed E-state index contributed by atoms with van der Waals surface area (Å²) in [4.78, 5) is 0. The van der Waals surface area contributed by atoms with Crippen molar-refractivity contribution < 1.29 is 0 Å². The molecule has 0 bridgehead atoms. The highest BCUT2D eigenvalue weighted by Gasteiger charge is 2.31. The van der Waals surface area contributed by atoms with E-state index in [1.165, 1.54) is 51.4 Å². The SMILES string of the molecule is CC=CCCCCCCCC1CC1C. The molecule has 2 atom stereocenters. The van der Waals surface area contributed by atoms with E-state index in [9.17, 15) is 0 Å². The van der Waals surface area contributed by atoms with Gasteiger partial charge in [-0.1, -0.05) is 51.2 Å². The first-order valence-corrected chi connectivity index (χ1v) is 6.45. The van der Waals surface area contributed by atoms with Crippen LogP contribution in [0.25, 0.3) is 0 Å². The minimum atomic E-state index is 1.06. The number of allylic oxidation sites excluding steroid dienone is 2. The van der Waals surface area contributed by atoms with Crippen molar-refractivity contribution in [2.45, 2.75) is 65.2 Å². The fraction of sp³-hybridized carbons (Fsp3) is 0.857. The smallest absolute Gasteiger partial charge is 0.0351 e. The van der Waals surface area contributed by atoms with E-state index in [-0.39, 0.29) is 0 Å². The second-order valence-corrected chi connectivity index (χ2v) is 4.89. The Bertz CT molecular complexity index is 157. The maximum Gasteiger partial charge on any atom is -0.0351 e. The van der Waals surface area contributed by atoms with Gasteiger partial charge in [-0.15, -0.1) is 0 Å². The lowest BCUT2D eigenvalue weighted by molar-refractivity contribution is 0.559. The van der Waals surface area contributed by atoms with Crippen molar-refractivity contribution in [3.05, 3.63) is 12.2 Å². The molecule has 0 aromatic rings. The molecule has 14 heavy (non-hydrogen) atoms. The Labute approximate surface area is 89.8 Å². The summed E-state index contributed by atoms with van der Waals surface area (Å²) >= 11 is 0. The van der Waals surface area contributed by atoms with E-state index < -0.39 is 0 Å². The fourth-order valence-corrected chi connectivity index (χ4v) is 2.17. The molecule has 0 aromatic heterocycles. The molecule has 0 radical (unpaired) electrons. The average Bonchev–Trinajstić information content (AvgIpc) is 2.87. The van der Waals surface area contributed by atoms with Crippen LogP contribution in [0, 0.1) is 11.8 Å². The Hall–Kier alpha value is -0.260. The van der Waals surface area contributed by atoms with Crippen LogP contribution >= 0.6 is 0 Å². The second-order valence-electron chi connectivity index (χ2n) is 4.89. The topological polar surface area (TPSA) is 0 Å². The summed E-state index contributed by atoms with van der Waals surface area (Å²) in [5.41, 5.74) is 0. The van der Waals surface area contributed by atoms with Gasteiger partial charge in [-0.2, -0.15) is 0 Å². The molecule has 1 aliphatic rings. The van der Waals surface area contributed by atoms with E-state index >= 15 is 0 Å². The molecule has 1 fully saturated rings. The Kier molecular flexibility index (Phi) is 5.98. The molecule has 0 heterocycles. The van der Waals surface area contributed by atoms with Crippen molar-refractivity contribution in [1.29, 1.82) is 0 Å². The van der Waals surface area contributed by atoms with Gasteiger partial charge in [-0.25, -0.2) is 0 Å². The zero-order chi connectivity index (χ0) is 10.2. The summed E-state index contributed by atoms with van der Waals surface area (Å²) in [6.45, 7) is 4.50. The lowest BCUT2D eigenvalue weighted by Gasteiger charge is -1.99. The Morgan fingerprint density at radius 2 is 1.71 bits per heavy atom. The van der Waals surface area contributed by atoms with E-state index in [1.54, 1.807) is 0 Å². The van der Waals surface area contributed by atoms with Crippen molar-refractivity contribution >= 4 is 0 Å². The van der Waals surface area contributed by atoms with E-state index in [0.717, 1.165) is 11.8 Å². The molecule has 1 rings (SSSR count). The van der Waals surface area contributed by atoms with Crippen molar-refractivity contribution in [3.8, 4) is 0 Å². The number of hydrogen-bond acceptors (Lipinski definition) is 0. The highest BCUT2D eigenvalue weighted by molar-refractivity contribution is 4.81. The maximum atomic E-state index is 2.39. The summed E-state index contributed by atoms with van der Waals surface area (Å²) in [5.74, 6) is 2.17. The molecule has 0 amide bonds. The molecule has 82 valence electrons. The van der Waals surface area contributed by atoms with Gasteiger partial charge in [0.2, 0.25) is 0 Å². The van der Waals surface area contributed by atoms with Crippen LogP contribution in [0.1, 0.15) is 65.2 Å². The van der Waals surface area contributed by atoms with Gasteiger partial charge in [0.1, 0.15) is 0 Å². The molecule has 0 N–H and O–H groups in total. The molecule has 2 unspecified atom stereocenters. The first kappa shape index (κ1) is 11.8. The van der Waals surface area contributed by atoms with Crippen LogP contribution in [0.3, 0.4) is 0 Å². The maximum absolute atomic E-state index is 2.39. The summed E-state index contributed by atoms with van der Waals surface area (Å²) in [5, 5.41) is 0. The van der Waals surface area contributed by atoms with Gasteiger partial charge >= 0.3 is 0 Å². The molecule has 0 nitrogen and oxygen atoms in total. The summed E-state index contributed by atoms with van der Waals surface area (Å²) in [6, 6.07) is 0. The average molecular weight is 194 g/mol. The van der Waals surface area contributed by atoms with Crippen molar-refractivity contribution in [1.82, 2.24) is 0 Å². The second kappa shape index (κ2) is 7.09. The van der Waals surface area contributed by atoms with Crippen molar-refractivity contribution in [3.63, 3.8) is 0 Å². The van der Waals surface area contributed by atoms with Gasteiger partial charge in [0.25, 0.3) is 0 Å². The van der Waals surface area contributed by atoms with Crippen LogP contribution in [-0.4, -0.2) is 0 Å². The summed E-state index contributed by atoms with van der Waals surface area (Å²) in [6.07, 6.45) is 16.0. The third-order valence-electron chi connectivity index (χ3n) is 3.46. The highest BCUT2D eigenvalue weighted by Crippen LogP contribution is 2.41. The molecule has 0 heteroatoms. The molecule has 1 aliphatic carbocycles. The largest absolute Gasteiger partial charge is 0.0917 e. The van der Waals surface area contributed by atoms with Gasteiger partial charge in [0, 0.05) is 0 Å². The molecule has 1 saturated carbocycles. The van der Waals surface area contributed by atoms with Crippen LogP contribution in [0.5, 0.6) is 0 Å². The molecule has 0 aromatic carbocycles. The minimum absolute atomic E-state index is 1.06. The molecule has 0 aliphatic heterocycles.